The second-order valence-corrected chi connectivity index (χ2v) is 4.00. The van der Waals surface area contributed by atoms with Crippen LogP contribution >= 0.6 is 15.9 Å². The minimum Gasteiger partial charge on any atom is -0.383 e. The van der Waals surface area contributed by atoms with E-state index in [-0.39, 0.29) is 11.1 Å². The first-order valence-electron chi connectivity index (χ1n) is 4.41. The zero-order valence-electron chi connectivity index (χ0n) is 8.47. The van der Waals surface area contributed by atoms with Crippen LogP contribution in [-0.4, -0.2) is 25.5 Å². The third-order valence-electron chi connectivity index (χ3n) is 1.97. The van der Waals surface area contributed by atoms with Gasteiger partial charge in [-0.05, 0) is 28.1 Å². The minimum absolute atomic E-state index is 0.0156. The molecule has 0 spiro atoms. The van der Waals surface area contributed by atoms with Crippen LogP contribution in [0.4, 0.5) is 8.78 Å². The molecule has 0 fully saturated rings. The number of halogens is 3. The molecule has 0 aliphatic heterocycles. The van der Waals surface area contributed by atoms with Gasteiger partial charge in [0.2, 0.25) is 0 Å². The summed E-state index contributed by atoms with van der Waals surface area (Å²) in [4.78, 5) is 11.6. The Kier molecular flexibility index (Phi) is 4.52. The van der Waals surface area contributed by atoms with Crippen molar-refractivity contribution < 1.29 is 18.3 Å². The molecular weight excluding hydrogens is 284 g/mol. The van der Waals surface area contributed by atoms with Crippen LogP contribution in [0.3, 0.4) is 0 Å². The Morgan fingerprint density at radius 3 is 2.75 bits per heavy atom. The van der Waals surface area contributed by atoms with Gasteiger partial charge in [-0.1, -0.05) is 0 Å². The molecule has 2 N–H and O–H groups in total. The standard InChI is InChI=1S/C10H10BrF2NO2/c1-16-4-7(14)10(15)8-6(12)3-2-5(11)9(8)13/h2-3,7H,4,14H2,1H3. The highest BCUT2D eigenvalue weighted by Crippen LogP contribution is 2.22. The van der Waals surface area contributed by atoms with Gasteiger partial charge in [-0.25, -0.2) is 8.78 Å². The first-order chi connectivity index (χ1) is 7.49. The van der Waals surface area contributed by atoms with Crippen molar-refractivity contribution in [1.82, 2.24) is 0 Å². The molecule has 3 nitrogen and oxygen atoms in total. The van der Waals surface area contributed by atoms with E-state index in [1.807, 2.05) is 0 Å². The van der Waals surface area contributed by atoms with E-state index >= 15 is 0 Å². The zero-order valence-corrected chi connectivity index (χ0v) is 10.1. The third-order valence-corrected chi connectivity index (χ3v) is 2.59. The lowest BCUT2D eigenvalue weighted by atomic mass is 10.0. The highest BCUT2D eigenvalue weighted by atomic mass is 79.9. The lowest BCUT2D eigenvalue weighted by Crippen LogP contribution is -2.36. The number of nitrogens with two attached hydrogens (primary N) is 1. The Balaban J connectivity index is 3.12. The van der Waals surface area contributed by atoms with Gasteiger partial charge < -0.3 is 10.5 Å². The molecule has 88 valence electrons. The van der Waals surface area contributed by atoms with Crippen LogP contribution in [0, 0.1) is 11.6 Å². The molecule has 0 heterocycles. The van der Waals surface area contributed by atoms with Crippen molar-refractivity contribution in [3.8, 4) is 0 Å². The Morgan fingerprint density at radius 2 is 2.19 bits per heavy atom. The summed E-state index contributed by atoms with van der Waals surface area (Å²) >= 11 is 2.87. The Hall–Kier alpha value is -0.850. The molecule has 16 heavy (non-hydrogen) atoms. The molecule has 0 aliphatic carbocycles. The van der Waals surface area contributed by atoms with E-state index < -0.39 is 29.0 Å². The number of ketones is 1. The smallest absolute Gasteiger partial charge is 0.187 e. The molecule has 6 heteroatoms. The van der Waals surface area contributed by atoms with Gasteiger partial charge in [-0.2, -0.15) is 0 Å². The van der Waals surface area contributed by atoms with Gasteiger partial charge in [-0.3, -0.25) is 4.79 Å². The fourth-order valence-electron chi connectivity index (χ4n) is 1.19. The first kappa shape index (κ1) is 13.2. The maximum atomic E-state index is 13.5. The van der Waals surface area contributed by atoms with E-state index in [1.54, 1.807) is 0 Å². The monoisotopic (exact) mass is 293 g/mol. The van der Waals surface area contributed by atoms with Crippen molar-refractivity contribution in [3.63, 3.8) is 0 Å². The second kappa shape index (κ2) is 5.47. The van der Waals surface area contributed by atoms with Gasteiger partial charge in [-0.15, -0.1) is 0 Å². The average Bonchev–Trinajstić information content (AvgIpc) is 2.24. The average molecular weight is 294 g/mol. The summed E-state index contributed by atoms with van der Waals surface area (Å²) < 4.78 is 31.5. The molecule has 1 aromatic rings. The molecule has 0 amide bonds. The van der Waals surface area contributed by atoms with Crippen molar-refractivity contribution in [2.45, 2.75) is 6.04 Å². The van der Waals surface area contributed by atoms with Gasteiger partial charge in [0, 0.05) is 7.11 Å². The van der Waals surface area contributed by atoms with Crippen LogP contribution < -0.4 is 5.73 Å². The summed E-state index contributed by atoms with van der Waals surface area (Å²) in [6.45, 7) is -0.0930. The molecular formula is C10H10BrF2NO2. The van der Waals surface area contributed by atoms with Crippen molar-refractivity contribution in [1.29, 1.82) is 0 Å². The molecule has 0 radical (unpaired) electrons. The number of hydrogen-bond acceptors (Lipinski definition) is 3. The van der Waals surface area contributed by atoms with Crippen molar-refractivity contribution in [3.05, 3.63) is 33.8 Å². The quantitative estimate of drug-likeness (QED) is 0.681. The highest BCUT2D eigenvalue weighted by molar-refractivity contribution is 9.10. The Morgan fingerprint density at radius 1 is 1.56 bits per heavy atom. The number of ether oxygens (including phenoxy) is 1. The van der Waals surface area contributed by atoms with Gasteiger partial charge in [0.05, 0.1) is 22.7 Å². The molecule has 0 aromatic heterocycles. The third kappa shape index (κ3) is 2.63. The van der Waals surface area contributed by atoms with Crippen LogP contribution in [0.25, 0.3) is 0 Å². The van der Waals surface area contributed by atoms with Gasteiger partial charge in [0.15, 0.2) is 11.6 Å². The number of methoxy groups -OCH3 is 1. The molecule has 0 saturated carbocycles. The molecule has 1 aromatic carbocycles. The van der Waals surface area contributed by atoms with E-state index in [0.717, 1.165) is 6.07 Å². The van der Waals surface area contributed by atoms with Gasteiger partial charge >= 0.3 is 0 Å². The van der Waals surface area contributed by atoms with E-state index in [0.29, 0.717) is 0 Å². The fourth-order valence-corrected chi connectivity index (χ4v) is 1.52. The summed E-state index contributed by atoms with van der Waals surface area (Å²) in [5, 5.41) is 0. The number of Topliss-reactive ketones (excluding diaryl/α,β-unsaturated/α-hetero) is 1. The van der Waals surface area contributed by atoms with Gasteiger partial charge in [0.25, 0.3) is 0 Å². The van der Waals surface area contributed by atoms with Crippen LogP contribution in [0.5, 0.6) is 0 Å². The van der Waals surface area contributed by atoms with Crippen molar-refractivity contribution >= 4 is 21.7 Å². The number of benzene rings is 1. The number of carbonyl (C=O) groups excluding carboxylic acids is 1. The lowest BCUT2D eigenvalue weighted by Gasteiger charge is -2.11. The van der Waals surface area contributed by atoms with Crippen molar-refractivity contribution in [2.75, 3.05) is 13.7 Å². The zero-order chi connectivity index (χ0) is 12.3. The van der Waals surface area contributed by atoms with E-state index in [4.69, 9.17) is 5.73 Å². The summed E-state index contributed by atoms with van der Waals surface area (Å²) in [5.74, 6) is -2.70. The SMILES string of the molecule is COCC(N)C(=O)c1c(F)ccc(Br)c1F. The first-order valence-corrected chi connectivity index (χ1v) is 5.20. The maximum absolute atomic E-state index is 13.5. The molecule has 0 bridgehead atoms. The second-order valence-electron chi connectivity index (χ2n) is 3.14. The minimum atomic E-state index is -1.08. The van der Waals surface area contributed by atoms with Crippen LogP contribution in [0.2, 0.25) is 0 Å². The lowest BCUT2D eigenvalue weighted by molar-refractivity contribution is 0.0884. The summed E-state index contributed by atoms with van der Waals surface area (Å²) in [5.41, 5.74) is 4.78. The predicted molar refractivity (Wildman–Crippen MR) is 58.2 cm³/mol. The Labute approximate surface area is 99.7 Å². The van der Waals surface area contributed by atoms with Crippen molar-refractivity contribution in [2.24, 2.45) is 5.73 Å². The van der Waals surface area contributed by atoms with E-state index in [2.05, 4.69) is 20.7 Å². The van der Waals surface area contributed by atoms with Crippen LogP contribution in [0.15, 0.2) is 16.6 Å². The number of hydrogen-bond donors (Lipinski definition) is 1. The summed E-state index contributed by atoms with van der Waals surface area (Å²) in [7, 11) is 1.35. The largest absolute Gasteiger partial charge is 0.383 e. The highest BCUT2D eigenvalue weighted by Gasteiger charge is 2.24. The Bertz CT molecular complexity index is 412. The molecule has 1 rings (SSSR count). The summed E-state index contributed by atoms with van der Waals surface area (Å²) in [6.07, 6.45) is 0. The maximum Gasteiger partial charge on any atom is 0.187 e. The molecule has 1 unspecified atom stereocenters. The van der Waals surface area contributed by atoms with E-state index in [1.165, 1.54) is 13.2 Å². The molecule has 0 saturated heterocycles. The molecule has 0 aliphatic rings. The number of carbonyl (C=O) groups is 1. The van der Waals surface area contributed by atoms with Gasteiger partial charge in [0.1, 0.15) is 5.82 Å². The predicted octanol–water partition coefficient (Wildman–Crippen LogP) is 1.88. The molecule has 1 atom stereocenters. The fraction of sp³-hybridized carbons (Fsp3) is 0.300. The van der Waals surface area contributed by atoms with Crippen LogP contribution in [-0.2, 0) is 4.74 Å². The topological polar surface area (TPSA) is 52.3 Å². The van der Waals surface area contributed by atoms with E-state index in [9.17, 15) is 13.6 Å². The normalized spacial score (nSPS) is 12.6. The number of rotatable bonds is 4. The summed E-state index contributed by atoms with van der Waals surface area (Å²) in [6, 6.07) is 1.10. The van der Waals surface area contributed by atoms with Crippen LogP contribution in [0.1, 0.15) is 10.4 Å².